The fourth-order valence-electron chi connectivity index (χ4n) is 2.02. The zero-order valence-electron chi connectivity index (χ0n) is 11.7. The highest BCUT2D eigenvalue weighted by atomic mass is 79.9. The number of hydrogen-bond acceptors (Lipinski definition) is 4. The maximum atomic E-state index is 12.4. The number of pyridine rings is 1. The highest BCUT2D eigenvalue weighted by molar-refractivity contribution is 9.10. The van der Waals surface area contributed by atoms with E-state index in [0.717, 1.165) is 22.3 Å². The maximum absolute atomic E-state index is 12.4. The number of carbonyl (C=O) groups is 1. The molecule has 0 spiro atoms. The summed E-state index contributed by atoms with van der Waals surface area (Å²) in [6.07, 6.45) is 2.68. The lowest BCUT2D eigenvalue weighted by molar-refractivity contribution is 0.0987. The molecule has 0 radical (unpaired) electrons. The molecule has 0 saturated heterocycles. The molecule has 0 aliphatic heterocycles. The molecule has 2 heterocycles. The third kappa shape index (κ3) is 2.75. The molecule has 0 amide bonds. The van der Waals surface area contributed by atoms with E-state index in [0.29, 0.717) is 11.4 Å². The molecule has 0 saturated carbocycles. The summed E-state index contributed by atoms with van der Waals surface area (Å²) in [4.78, 5) is 16.5. The van der Waals surface area contributed by atoms with Gasteiger partial charge >= 0.3 is 0 Å². The lowest BCUT2D eigenvalue weighted by atomic mass is 10.1. The van der Waals surface area contributed by atoms with Crippen LogP contribution in [-0.2, 0) is 19.9 Å². The van der Waals surface area contributed by atoms with Gasteiger partial charge in [-0.15, -0.1) is 0 Å². The van der Waals surface area contributed by atoms with E-state index in [2.05, 4.69) is 26.0 Å². The van der Waals surface area contributed by atoms with E-state index < -0.39 is 0 Å². The van der Waals surface area contributed by atoms with Crippen LogP contribution in [0.1, 0.15) is 28.7 Å². The number of methoxy groups -OCH3 is 1. The fraction of sp³-hybridized carbons (Fsp3) is 0.357. The molecule has 0 bridgehead atoms. The molecule has 0 fully saturated rings. The van der Waals surface area contributed by atoms with Crippen molar-refractivity contribution in [3.63, 3.8) is 0 Å². The third-order valence-corrected chi connectivity index (χ3v) is 4.01. The van der Waals surface area contributed by atoms with Crippen LogP contribution in [0.2, 0.25) is 0 Å². The number of hydrogen-bond donors (Lipinski definition) is 0. The van der Waals surface area contributed by atoms with Gasteiger partial charge in [-0.1, -0.05) is 6.92 Å². The molecule has 106 valence electrons. The Bertz CT molecular complexity index is 637. The van der Waals surface area contributed by atoms with Crippen molar-refractivity contribution in [1.82, 2.24) is 14.8 Å². The topological polar surface area (TPSA) is 57.0 Å². The Hall–Kier alpha value is -1.69. The number of carbonyl (C=O) groups excluding carboxylic acids is 1. The molecule has 5 nitrogen and oxygen atoms in total. The van der Waals surface area contributed by atoms with Gasteiger partial charge in [-0.2, -0.15) is 5.10 Å². The number of halogens is 1. The van der Waals surface area contributed by atoms with Crippen LogP contribution in [-0.4, -0.2) is 27.7 Å². The highest BCUT2D eigenvalue weighted by Gasteiger charge is 2.19. The molecule has 20 heavy (non-hydrogen) atoms. The van der Waals surface area contributed by atoms with Crippen molar-refractivity contribution in [2.24, 2.45) is 7.05 Å². The van der Waals surface area contributed by atoms with Crippen LogP contribution in [0.5, 0.6) is 5.88 Å². The van der Waals surface area contributed by atoms with Crippen molar-refractivity contribution in [2.75, 3.05) is 7.11 Å². The van der Waals surface area contributed by atoms with Crippen LogP contribution in [0.15, 0.2) is 22.8 Å². The molecule has 0 atom stereocenters. The number of nitrogens with zero attached hydrogens (tertiary/aromatic N) is 3. The van der Waals surface area contributed by atoms with Gasteiger partial charge in [0.25, 0.3) is 0 Å². The molecule has 2 aromatic rings. The van der Waals surface area contributed by atoms with Crippen molar-refractivity contribution < 1.29 is 9.53 Å². The van der Waals surface area contributed by atoms with Crippen LogP contribution in [0.3, 0.4) is 0 Å². The molecule has 0 N–H and O–H groups in total. The smallest absolute Gasteiger partial charge is 0.224 e. The molecule has 0 aliphatic carbocycles. The summed E-state index contributed by atoms with van der Waals surface area (Å²) in [6.45, 7) is 2.03. The lowest BCUT2D eigenvalue weighted by Crippen LogP contribution is -2.10. The van der Waals surface area contributed by atoms with Gasteiger partial charge in [-0.3, -0.25) is 9.48 Å². The Kier molecular flexibility index (Phi) is 4.54. The van der Waals surface area contributed by atoms with Crippen molar-refractivity contribution in [3.8, 4) is 5.88 Å². The van der Waals surface area contributed by atoms with Crippen LogP contribution in [0, 0.1) is 0 Å². The monoisotopic (exact) mass is 337 g/mol. The molecule has 2 rings (SSSR count). The summed E-state index contributed by atoms with van der Waals surface area (Å²) in [5.74, 6) is 0.313. The van der Waals surface area contributed by atoms with Gasteiger partial charge in [0.2, 0.25) is 5.88 Å². The van der Waals surface area contributed by atoms with E-state index in [-0.39, 0.29) is 12.2 Å². The first kappa shape index (κ1) is 14.7. The van der Waals surface area contributed by atoms with Crippen LogP contribution in [0.25, 0.3) is 0 Å². The van der Waals surface area contributed by atoms with E-state index in [1.165, 1.54) is 7.11 Å². The first-order valence-corrected chi connectivity index (χ1v) is 7.10. The second-order valence-electron chi connectivity index (χ2n) is 4.34. The van der Waals surface area contributed by atoms with Gasteiger partial charge in [0, 0.05) is 13.2 Å². The second kappa shape index (κ2) is 6.17. The summed E-state index contributed by atoms with van der Waals surface area (Å²) < 4.78 is 7.77. The van der Waals surface area contributed by atoms with Gasteiger partial charge < -0.3 is 4.74 Å². The Morgan fingerprint density at radius 1 is 1.50 bits per heavy atom. The summed E-state index contributed by atoms with van der Waals surface area (Å²) in [5, 5.41) is 4.39. The Morgan fingerprint density at radius 2 is 2.25 bits per heavy atom. The average Bonchev–Trinajstić information content (AvgIpc) is 2.74. The number of aromatic nitrogens is 3. The molecule has 2 aromatic heterocycles. The number of aryl methyl sites for hydroxylation is 2. The number of ether oxygens (including phenoxy) is 1. The van der Waals surface area contributed by atoms with E-state index in [9.17, 15) is 4.79 Å². The standard InChI is InChI=1S/C14H16BrN3O2/c1-4-10-13(15)11(18(2)17-10)8-12(19)9-6-5-7-16-14(9)20-3/h5-7H,4,8H2,1-3H3. The lowest BCUT2D eigenvalue weighted by Gasteiger charge is -2.06. The van der Waals surface area contributed by atoms with Gasteiger partial charge in [0.15, 0.2) is 5.78 Å². The van der Waals surface area contributed by atoms with Crippen LogP contribution in [0.4, 0.5) is 0 Å². The summed E-state index contributed by atoms with van der Waals surface area (Å²) >= 11 is 3.52. The minimum absolute atomic E-state index is 0.0405. The number of ketones is 1. The van der Waals surface area contributed by atoms with E-state index in [4.69, 9.17) is 4.74 Å². The van der Waals surface area contributed by atoms with E-state index >= 15 is 0 Å². The Labute approximate surface area is 126 Å². The normalized spacial score (nSPS) is 10.6. The maximum Gasteiger partial charge on any atom is 0.224 e. The molecule has 0 unspecified atom stereocenters. The van der Waals surface area contributed by atoms with Crippen molar-refractivity contribution >= 4 is 21.7 Å². The predicted molar refractivity (Wildman–Crippen MR) is 79.1 cm³/mol. The van der Waals surface area contributed by atoms with Crippen molar-refractivity contribution in [1.29, 1.82) is 0 Å². The minimum Gasteiger partial charge on any atom is -0.480 e. The van der Waals surface area contributed by atoms with Gasteiger partial charge in [-0.25, -0.2) is 4.98 Å². The van der Waals surface area contributed by atoms with Crippen molar-refractivity contribution in [2.45, 2.75) is 19.8 Å². The van der Waals surface area contributed by atoms with Gasteiger partial charge in [0.1, 0.15) is 0 Å². The average molecular weight is 338 g/mol. The summed E-state index contributed by atoms with van der Waals surface area (Å²) in [7, 11) is 3.35. The Morgan fingerprint density at radius 3 is 2.85 bits per heavy atom. The second-order valence-corrected chi connectivity index (χ2v) is 5.14. The zero-order valence-corrected chi connectivity index (χ0v) is 13.3. The zero-order chi connectivity index (χ0) is 14.7. The van der Waals surface area contributed by atoms with Gasteiger partial charge in [-0.05, 0) is 34.5 Å². The van der Waals surface area contributed by atoms with Crippen molar-refractivity contribution in [3.05, 3.63) is 39.8 Å². The predicted octanol–water partition coefficient (Wildman–Crippen LogP) is 2.57. The number of Topliss-reactive ketones (excluding diaryl/α,β-unsaturated/α-hetero) is 1. The highest BCUT2D eigenvalue weighted by Crippen LogP contribution is 2.24. The molecule has 0 aromatic carbocycles. The van der Waals surface area contributed by atoms with Crippen LogP contribution >= 0.6 is 15.9 Å². The molecule has 6 heteroatoms. The van der Waals surface area contributed by atoms with Gasteiger partial charge in [0.05, 0.1) is 35.0 Å². The molecular formula is C14H16BrN3O2. The van der Waals surface area contributed by atoms with E-state index in [1.807, 2.05) is 14.0 Å². The van der Waals surface area contributed by atoms with Crippen LogP contribution < -0.4 is 4.74 Å². The Balaban J connectivity index is 2.30. The SMILES string of the molecule is CCc1nn(C)c(CC(=O)c2cccnc2OC)c1Br. The quantitative estimate of drug-likeness (QED) is 0.787. The first-order valence-electron chi connectivity index (χ1n) is 6.30. The first-order chi connectivity index (χ1) is 9.58. The molecule has 0 aliphatic rings. The minimum atomic E-state index is -0.0405. The fourth-order valence-corrected chi connectivity index (χ4v) is 2.78. The number of rotatable bonds is 5. The summed E-state index contributed by atoms with van der Waals surface area (Å²) in [6, 6.07) is 3.45. The summed E-state index contributed by atoms with van der Waals surface area (Å²) in [5.41, 5.74) is 2.30. The largest absolute Gasteiger partial charge is 0.480 e. The van der Waals surface area contributed by atoms with E-state index in [1.54, 1.807) is 23.0 Å². The third-order valence-electron chi connectivity index (χ3n) is 3.10. The molecular weight excluding hydrogens is 322 g/mol.